The zero-order valence-corrected chi connectivity index (χ0v) is 14.4. The Hall–Kier alpha value is -3.78. The molecule has 1 heterocycles. The number of rotatable bonds is 5. The molecule has 2 aromatic carbocycles. The lowest BCUT2D eigenvalue weighted by molar-refractivity contribution is 0.0935. The van der Waals surface area contributed by atoms with Crippen LogP contribution in [0.15, 0.2) is 54.9 Å². The van der Waals surface area contributed by atoms with Crippen molar-refractivity contribution < 1.29 is 14.4 Å². The van der Waals surface area contributed by atoms with E-state index >= 15 is 0 Å². The van der Waals surface area contributed by atoms with E-state index in [0.29, 0.717) is 16.8 Å². The number of benzene rings is 2. The van der Waals surface area contributed by atoms with Crippen LogP contribution in [0.1, 0.15) is 42.5 Å². The highest BCUT2D eigenvalue weighted by Crippen LogP contribution is 2.22. The summed E-state index contributed by atoms with van der Waals surface area (Å²) >= 11 is 0. The highest BCUT2D eigenvalue weighted by molar-refractivity contribution is 6.16. The van der Waals surface area contributed by atoms with Gasteiger partial charge in [-0.3, -0.25) is 19.8 Å². The van der Waals surface area contributed by atoms with Gasteiger partial charge < -0.3 is 10.3 Å². The predicted octanol–water partition coefficient (Wildman–Crippen LogP) is 1.80. The smallest absolute Gasteiger partial charge is 0.286 e. The van der Waals surface area contributed by atoms with Crippen LogP contribution < -0.4 is 16.6 Å². The summed E-state index contributed by atoms with van der Waals surface area (Å²) in [6.07, 6.45) is 1.21. The molecule has 0 aliphatic rings. The first-order valence-electron chi connectivity index (χ1n) is 8.07. The van der Waals surface area contributed by atoms with Gasteiger partial charge in [-0.15, -0.1) is 0 Å². The Bertz CT molecular complexity index is 1010. The van der Waals surface area contributed by atoms with E-state index in [-0.39, 0.29) is 17.2 Å². The Morgan fingerprint density at radius 1 is 1.04 bits per heavy atom. The molecular weight excluding hydrogens is 346 g/mol. The fourth-order valence-electron chi connectivity index (χ4n) is 2.59. The maximum Gasteiger partial charge on any atom is 0.286 e. The first kappa shape index (κ1) is 18.0. The van der Waals surface area contributed by atoms with Crippen molar-refractivity contribution in [1.82, 2.24) is 15.4 Å². The number of hydrogen-bond acceptors (Lipinski definition) is 5. The van der Waals surface area contributed by atoms with Crippen LogP contribution in [0, 0.1) is 6.92 Å². The summed E-state index contributed by atoms with van der Waals surface area (Å²) in [6.45, 7) is 1.85. The number of aromatic amines is 1. The maximum absolute atomic E-state index is 12.9. The monoisotopic (exact) mass is 363 g/mol. The fraction of sp³-hybridized carbons (Fsp3) is 0.0526. The zero-order chi connectivity index (χ0) is 19.4. The SMILES string of the molecule is Cc1ccc(NC(=O)c2[nH]cnc2C(=O)NN)c(C(=O)c2ccccc2)c1. The molecule has 1 aromatic heterocycles. The third-order valence-corrected chi connectivity index (χ3v) is 3.92. The molecule has 5 N–H and O–H groups in total. The molecule has 0 saturated heterocycles. The van der Waals surface area contributed by atoms with Crippen LogP contribution in [0.5, 0.6) is 0 Å². The van der Waals surface area contributed by atoms with Gasteiger partial charge >= 0.3 is 0 Å². The summed E-state index contributed by atoms with van der Waals surface area (Å²) in [6, 6.07) is 13.9. The Labute approximate surface area is 154 Å². The molecule has 0 spiro atoms. The number of imidazole rings is 1. The van der Waals surface area contributed by atoms with Gasteiger partial charge in [-0.1, -0.05) is 42.0 Å². The number of hydrogen-bond donors (Lipinski definition) is 4. The predicted molar refractivity (Wildman–Crippen MR) is 99.2 cm³/mol. The van der Waals surface area contributed by atoms with Gasteiger partial charge in [-0.2, -0.15) is 0 Å². The standard InChI is InChI=1S/C19H17N5O3/c1-11-7-8-14(13(9-11)17(25)12-5-3-2-4-6-12)23-18(26)15-16(19(27)24-20)22-10-21-15/h2-10H,20H2,1H3,(H,21,22)(H,23,26)(H,24,27). The number of hydrazine groups is 1. The van der Waals surface area contributed by atoms with Crippen LogP contribution in [-0.2, 0) is 0 Å². The van der Waals surface area contributed by atoms with E-state index < -0.39 is 11.8 Å². The first-order valence-corrected chi connectivity index (χ1v) is 8.07. The molecular formula is C19H17N5O3. The van der Waals surface area contributed by atoms with Crippen molar-refractivity contribution in [2.45, 2.75) is 6.92 Å². The molecule has 8 heteroatoms. The number of nitrogens with two attached hydrogens (primary N) is 1. The Morgan fingerprint density at radius 3 is 2.48 bits per heavy atom. The Morgan fingerprint density at radius 2 is 1.78 bits per heavy atom. The second kappa shape index (κ2) is 7.63. The van der Waals surface area contributed by atoms with Gasteiger partial charge in [0, 0.05) is 11.1 Å². The summed E-state index contributed by atoms with van der Waals surface area (Å²) in [5.41, 5.74) is 3.78. The maximum atomic E-state index is 12.9. The van der Waals surface area contributed by atoms with E-state index in [1.807, 2.05) is 18.4 Å². The highest BCUT2D eigenvalue weighted by atomic mass is 16.2. The van der Waals surface area contributed by atoms with Gasteiger partial charge in [-0.05, 0) is 19.1 Å². The zero-order valence-electron chi connectivity index (χ0n) is 14.4. The van der Waals surface area contributed by atoms with Gasteiger partial charge in [-0.25, -0.2) is 10.8 Å². The number of carbonyl (C=O) groups is 3. The quantitative estimate of drug-likeness (QED) is 0.238. The lowest BCUT2D eigenvalue weighted by Crippen LogP contribution is -2.32. The molecule has 0 fully saturated rings. The van der Waals surface area contributed by atoms with Crippen molar-refractivity contribution in [3.05, 3.63) is 82.9 Å². The second-order valence-corrected chi connectivity index (χ2v) is 5.80. The minimum absolute atomic E-state index is 0.0587. The summed E-state index contributed by atoms with van der Waals surface area (Å²) < 4.78 is 0. The van der Waals surface area contributed by atoms with Crippen molar-refractivity contribution in [3.8, 4) is 0 Å². The second-order valence-electron chi connectivity index (χ2n) is 5.80. The summed E-state index contributed by atoms with van der Waals surface area (Å²) in [5, 5.41) is 2.66. The molecule has 0 saturated carbocycles. The molecule has 0 atom stereocenters. The van der Waals surface area contributed by atoms with Crippen LogP contribution in [0.25, 0.3) is 0 Å². The highest BCUT2D eigenvalue weighted by Gasteiger charge is 2.22. The number of carbonyl (C=O) groups excluding carboxylic acids is 3. The number of aromatic nitrogens is 2. The first-order chi connectivity index (χ1) is 13.0. The number of nitrogens with one attached hydrogen (secondary N) is 3. The molecule has 136 valence electrons. The van der Waals surface area contributed by atoms with Crippen molar-refractivity contribution in [2.75, 3.05) is 5.32 Å². The summed E-state index contributed by atoms with van der Waals surface area (Å²) in [4.78, 5) is 43.6. The Balaban J connectivity index is 1.94. The van der Waals surface area contributed by atoms with Gasteiger partial charge in [0.15, 0.2) is 11.5 Å². The van der Waals surface area contributed by atoms with Crippen LogP contribution >= 0.6 is 0 Å². The van der Waals surface area contributed by atoms with Crippen molar-refractivity contribution in [2.24, 2.45) is 5.84 Å². The van der Waals surface area contributed by atoms with Crippen LogP contribution in [-0.4, -0.2) is 27.6 Å². The Kier molecular flexibility index (Phi) is 5.09. The molecule has 0 radical (unpaired) electrons. The number of anilines is 1. The number of aryl methyl sites for hydroxylation is 1. The van der Waals surface area contributed by atoms with Gasteiger partial charge in [0.2, 0.25) is 0 Å². The molecule has 0 bridgehead atoms. The van der Waals surface area contributed by atoms with E-state index in [9.17, 15) is 14.4 Å². The fourth-order valence-corrected chi connectivity index (χ4v) is 2.59. The number of H-pyrrole nitrogens is 1. The largest absolute Gasteiger partial charge is 0.340 e. The molecule has 27 heavy (non-hydrogen) atoms. The lowest BCUT2D eigenvalue weighted by atomic mass is 9.99. The van der Waals surface area contributed by atoms with E-state index in [1.54, 1.807) is 42.5 Å². The minimum Gasteiger partial charge on any atom is -0.340 e. The number of ketones is 1. The third kappa shape index (κ3) is 3.75. The summed E-state index contributed by atoms with van der Waals surface area (Å²) in [5.74, 6) is 3.56. The number of nitrogens with zero attached hydrogens (tertiary/aromatic N) is 1. The molecule has 0 aliphatic heterocycles. The number of amides is 2. The average Bonchev–Trinajstić information content (AvgIpc) is 3.19. The molecule has 0 aliphatic carbocycles. The minimum atomic E-state index is -0.703. The molecule has 2 amide bonds. The third-order valence-electron chi connectivity index (χ3n) is 3.92. The molecule has 8 nitrogen and oxygen atoms in total. The van der Waals surface area contributed by atoms with E-state index in [2.05, 4.69) is 15.3 Å². The van der Waals surface area contributed by atoms with Crippen molar-refractivity contribution in [3.63, 3.8) is 0 Å². The van der Waals surface area contributed by atoms with Crippen LogP contribution in [0.3, 0.4) is 0 Å². The van der Waals surface area contributed by atoms with Crippen molar-refractivity contribution in [1.29, 1.82) is 0 Å². The van der Waals surface area contributed by atoms with E-state index in [1.165, 1.54) is 6.33 Å². The molecule has 0 unspecified atom stereocenters. The number of nitrogen functional groups attached to an aromatic ring is 1. The molecule has 3 rings (SSSR count). The topological polar surface area (TPSA) is 130 Å². The van der Waals surface area contributed by atoms with E-state index in [0.717, 1.165) is 5.56 Å². The van der Waals surface area contributed by atoms with Crippen LogP contribution in [0.4, 0.5) is 5.69 Å². The van der Waals surface area contributed by atoms with Gasteiger partial charge in [0.1, 0.15) is 5.69 Å². The van der Waals surface area contributed by atoms with E-state index in [4.69, 9.17) is 5.84 Å². The van der Waals surface area contributed by atoms with Gasteiger partial charge in [0.05, 0.1) is 12.0 Å². The lowest BCUT2D eigenvalue weighted by Gasteiger charge is -2.11. The van der Waals surface area contributed by atoms with Crippen LogP contribution in [0.2, 0.25) is 0 Å². The molecule has 3 aromatic rings. The van der Waals surface area contributed by atoms with Gasteiger partial charge in [0.25, 0.3) is 11.8 Å². The summed E-state index contributed by atoms with van der Waals surface area (Å²) in [7, 11) is 0. The van der Waals surface area contributed by atoms with Crippen molar-refractivity contribution >= 4 is 23.3 Å². The average molecular weight is 363 g/mol. The normalized spacial score (nSPS) is 10.3.